The molecule has 1 aromatic rings. The van der Waals surface area contributed by atoms with E-state index in [0.717, 1.165) is 17.7 Å². The van der Waals surface area contributed by atoms with E-state index in [9.17, 15) is 18.0 Å². The van der Waals surface area contributed by atoms with Crippen LogP contribution in [-0.2, 0) is 26.0 Å². The number of carbonyl (C=O) groups excluding carboxylic acids is 2. The number of fused-ring (bicyclic) bond motifs is 1. The van der Waals surface area contributed by atoms with Gasteiger partial charge in [0.2, 0.25) is 21.8 Å². The highest BCUT2D eigenvalue weighted by Gasteiger charge is 2.37. The molecule has 7 nitrogen and oxygen atoms in total. The Morgan fingerprint density at radius 1 is 1.36 bits per heavy atom. The Hall–Kier alpha value is -1.93. The number of primary sulfonamides is 1. The summed E-state index contributed by atoms with van der Waals surface area (Å²) in [5.74, 6) is -0.265. The molecule has 22 heavy (non-hydrogen) atoms. The van der Waals surface area contributed by atoms with Gasteiger partial charge in [-0.05, 0) is 30.2 Å². The van der Waals surface area contributed by atoms with Gasteiger partial charge in [0, 0.05) is 37.8 Å². The minimum Gasteiger partial charge on any atom is -0.312 e. The molecule has 2 N–H and O–H groups in total. The largest absolute Gasteiger partial charge is 0.312 e. The van der Waals surface area contributed by atoms with Gasteiger partial charge in [0.05, 0.1) is 0 Å². The standard InChI is InChI=1S/C14H17N3O4S/c1-9(18)16-5-4-10-6-11(2-3-13(10)16)17-8-12(7-14(17)19)22(15,20)21/h2-3,6,12H,4-5,7-8H2,1H3,(H2,15,20,21). The number of sulfonamides is 1. The lowest BCUT2D eigenvalue weighted by Crippen LogP contribution is -2.32. The molecule has 118 valence electrons. The Balaban J connectivity index is 1.89. The first kappa shape index (κ1) is 15.0. The van der Waals surface area contributed by atoms with E-state index in [1.165, 1.54) is 11.8 Å². The van der Waals surface area contributed by atoms with E-state index in [1.807, 2.05) is 6.07 Å². The third-order valence-electron chi connectivity index (χ3n) is 4.20. The molecule has 1 aromatic carbocycles. The van der Waals surface area contributed by atoms with Crippen LogP contribution >= 0.6 is 0 Å². The number of carbonyl (C=O) groups is 2. The highest BCUT2D eigenvalue weighted by atomic mass is 32.2. The lowest BCUT2D eigenvalue weighted by atomic mass is 10.1. The normalized spacial score (nSPS) is 21.4. The summed E-state index contributed by atoms with van der Waals surface area (Å²) in [5, 5.41) is 4.27. The number of nitrogens with zero attached hydrogens (tertiary/aromatic N) is 2. The van der Waals surface area contributed by atoms with E-state index >= 15 is 0 Å². The molecule has 2 aliphatic heterocycles. The van der Waals surface area contributed by atoms with Crippen molar-refractivity contribution in [2.45, 2.75) is 25.0 Å². The number of benzene rings is 1. The lowest BCUT2D eigenvalue weighted by molar-refractivity contribution is -0.117. The van der Waals surface area contributed by atoms with Crippen molar-refractivity contribution in [2.75, 3.05) is 22.9 Å². The zero-order valence-corrected chi connectivity index (χ0v) is 13.0. The van der Waals surface area contributed by atoms with E-state index in [2.05, 4.69) is 0 Å². The van der Waals surface area contributed by atoms with Crippen LogP contribution in [0.3, 0.4) is 0 Å². The summed E-state index contributed by atoms with van der Waals surface area (Å²) in [6.45, 7) is 2.22. The van der Waals surface area contributed by atoms with Gasteiger partial charge < -0.3 is 9.80 Å². The van der Waals surface area contributed by atoms with E-state index in [-0.39, 0.29) is 24.8 Å². The molecule has 0 aliphatic carbocycles. The van der Waals surface area contributed by atoms with Gasteiger partial charge in [-0.1, -0.05) is 0 Å². The van der Waals surface area contributed by atoms with Crippen LogP contribution in [0.25, 0.3) is 0 Å². The highest BCUT2D eigenvalue weighted by Crippen LogP contribution is 2.33. The second-order valence-electron chi connectivity index (χ2n) is 5.65. The summed E-state index contributed by atoms with van der Waals surface area (Å²) < 4.78 is 22.8. The van der Waals surface area contributed by atoms with E-state index in [4.69, 9.17) is 5.14 Å². The van der Waals surface area contributed by atoms with Crippen LogP contribution in [0.2, 0.25) is 0 Å². The van der Waals surface area contributed by atoms with E-state index in [1.54, 1.807) is 17.0 Å². The van der Waals surface area contributed by atoms with Crippen LogP contribution in [0, 0.1) is 0 Å². The first-order chi connectivity index (χ1) is 10.3. The molecular formula is C14H17N3O4S. The molecule has 0 bridgehead atoms. The average Bonchev–Trinajstić information content (AvgIpc) is 3.00. The van der Waals surface area contributed by atoms with E-state index < -0.39 is 15.3 Å². The quantitative estimate of drug-likeness (QED) is 0.827. The molecule has 1 fully saturated rings. The van der Waals surface area contributed by atoms with E-state index in [0.29, 0.717) is 12.2 Å². The second-order valence-corrected chi connectivity index (χ2v) is 7.50. The topological polar surface area (TPSA) is 101 Å². The van der Waals surface area contributed by atoms with Crippen molar-refractivity contribution in [3.63, 3.8) is 0 Å². The number of amides is 2. The summed E-state index contributed by atoms with van der Waals surface area (Å²) in [5.41, 5.74) is 2.49. The molecule has 8 heteroatoms. The van der Waals surface area contributed by atoms with Crippen molar-refractivity contribution in [1.82, 2.24) is 0 Å². The Kier molecular flexibility index (Phi) is 3.45. The monoisotopic (exact) mass is 323 g/mol. The van der Waals surface area contributed by atoms with Crippen LogP contribution in [0.4, 0.5) is 11.4 Å². The Labute approximate surface area is 128 Å². The van der Waals surface area contributed by atoms with Gasteiger partial charge in [-0.2, -0.15) is 0 Å². The fourth-order valence-corrected chi connectivity index (χ4v) is 3.76. The van der Waals surface area contributed by atoms with Crippen LogP contribution < -0.4 is 14.9 Å². The van der Waals surface area contributed by atoms with Crippen LogP contribution in [-0.4, -0.2) is 38.6 Å². The molecule has 0 saturated carbocycles. The maximum Gasteiger partial charge on any atom is 0.228 e. The molecule has 0 aromatic heterocycles. The molecule has 2 amide bonds. The summed E-state index contributed by atoms with van der Waals surface area (Å²) >= 11 is 0. The molecule has 0 spiro atoms. The molecule has 2 heterocycles. The first-order valence-corrected chi connectivity index (χ1v) is 8.61. The predicted molar refractivity (Wildman–Crippen MR) is 82.0 cm³/mol. The highest BCUT2D eigenvalue weighted by molar-refractivity contribution is 7.89. The van der Waals surface area contributed by atoms with Crippen molar-refractivity contribution in [2.24, 2.45) is 5.14 Å². The number of anilines is 2. The summed E-state index contributed by atoms with van der Waals surface area (Å²) in [4.78, 5) is 26.7. The second kappa shape index (κ2) is 5.06. The van der Waals surface area contributed by atoms with Crippen molar-refractivity contribution in [3.8, 4) is 0 Å². The summed E-state index contributed by atoms with van der Waals surface area (Å²) in [6, 6.07) is 5.39. The maximum absolute atomic E-state index is 12.0. The van der Waals surface area contributed by atoms with Crippen molar-refractivity contribution >= 4 is 33.2 Å². The van der Waals surface area contributed by atoms with Crippen molar-refractivity contribution < 1.29 is 18.0 Å². The zero-order chi connectivity index (χ0) is 16.1. The number of hydrogen-bond acceptors (Lipinski definition) is 4. The Morgan fingerprint density at radius 2 is 2.09 bits per heavy atom. The van der Waals surface area contributed by atoms with Gasteiger partial charge in [-0.3, -0.25) is 9.59 Å². The SMILES string of the molecule is CC(=O)N1CCc2cc(N3CC(S(N)(=O)=O)CC3=O)ccc21. The fraction of sp³-hybridized carbons (Fsp3) is 0.429. The maximum atomic E-state index is 12.0. The lowest BCUT2D eigenvalue weighted by Gasteiger charge is -2.19. The molecule has 0 radical (unpaired) electrons. The first-order valence-electron chi connectivity index (χ1n) is 7.00. The Morgan fingerprint density at radius 3 is 2.68 bits per heavy atom. The Bertz CT molecular complexity index is 759. The van der Waals surface area contributed by atoms with Crippen LogP contribution in [0.1, 0.15) is 18.9 Å². The molecule has 1 saturated heterocycles. The van der Waals surface area contributed by atoms with Crippen molar-refractivity contribution in [1.29, 1.82) is 0 Å². The molecular weight excluding hydrogens is 306 g/mol. The number of rotatable bonds is 2. The average molecular weight is 323 g/mol. The third-order valence-corrected chi connectivity index (χ3v) is 5.45. The summed E-state index contributed by atoms with van der Waals surface area (Å²) in [6.07, 6.45) is 0.638. The minimum atomic E-state index is -3.72. The van der Waals surface area contributed by atoms with Gasteiger partial charge in [0.1, 0.15) is 5.25 Å². The molecule has 1 unspecified atom stereocenters. The van der Waals surface area contributed by atoms with Gasteiger partial charge in [-0.15, -0.1) is 0 Å². The minimum absolute atomic E-state index is 0.0157. The van der Waals surface area contributed by atoms with Crippen LogP contribution in [0.15, 0.2) is 18.2 Å². The van der Waals surface area contributed by atoms with Gasteiger partial charge in [0.25, 0.3) is 0 Å². The third kappa shape index (κ3) is 2.48. The van der Waals surface area contributed by atoms with Crippen LogP contribution in [0.5, 0.6) is 0 Å². The number of nitrogens with two attached hydrogens (primary N) is 1. The van der Waals surface area contributed by atoms with Gasteiger partial charge in [-0.25, -0.2) is 13.6 Å². The smallest absolute Gasteiger partial charge is 0.228 e. The van der Waals surface area contributed by atoms with Crippen molar-refractivity contribution in [3.05, 3.63) is 23.8 Å². The summed E-state index contributed by atoms with van der Waals surface area (Å²) in [7, 11) is -3.72. The fourth-order valence-electron chi connectivity index (χ4n) is 3.03. The predicted octanol–water partition coefficient (Wildman–Crippen LogP) is -0.0106. The van der Waals surface area contributed by atoms with Gasteiger partial charge in [0.15, 0.2) is 0 Å². The van der Waals surface area contributed by atoms with Gasteiger partial charge >= 0.3 is 0 Å². The molecule has 1 atom stereocenters. The zero-order valence-electron chi connectivity index (χ0n) is 12.2. The molecule has 3 rings (SSSR count). The molecule has 2 aliphatic rings. The number of hydrogen-bond donors (Lipinski definition) is 1.